The lowest BCUT2D eigenvalue weighted by molar-refractivity contribution is -0.135. The van der Waals surface area contributed by atoms with E-state index < -0.39 is 5.60 Å². The molecule has 3 N–H and O–H groups in total. The Labute approximate surface area is 91.4 Å². The second kappa shape index (κ2) is 4.01. The van der Waals surface area contributed by atoms with E-state index >= 15 is 0 Å². The number of β-amino-alcohol motifs (C(OH)–C–C–N with tert-alkyl or cyclic N) is 1. The molecule has 4 heteroatoms. The summed E-state index contributed by atoms with van der Waals surface area (Å²) in [6.07, 6.45) is 2.83. The van der Waals surface area contributed by atoms with E-state index in [1.807, 2.05) is 7.05 Å². The standard InChI is InChI=1S/C11H22N2O2/c1-13-5-4-11(14,8-13)10(7-12)3-2-6-15-9-10/h14H,2-9,12H2,1H3. The van der Waals surface area contributed by atoms with Crippen LogP contribution in [0.25, 0.3) is 0 Å². The second-order valence-electron chi connectivity index (χ2n) is 5.16. The first-order valence-corrected chi connectivity index (χ1v) is 5.81. The van der Waals surface area contributed by atoms with Crippen LogP contribution >= 0.6 is 0 Å². The Bertz CT molecular complexity index is 229. The van der Waals surface area contributed by atoms with E-state index in [2.05, 4.69) is 4.90 Å². The van der Waals surface area contributed by atoms with Crippen molar-refractivity contribution in [1.82, 2.24) is 4.90 Å². The predicted molar refractivity (Wildman–Crippen MR) is 58.6 cm³/mol. The van der Waals surface area contributed by atoms with E-state index in [4.69, 9.17) is 10.5 Å². The van der Waals surface area contributed by atoms with Crippen molar-refractivity contribution in [3.8, 4) is 0 Å². The fourth-order valence-corrected chi connectivity index (χ4v) is 2.98. The molecular formula is C11H22N2O2. The van der Waals surface area contributed by atoms with Gasteiger partial charge in [-0.1, -0.05) is 0 Å². The number of rotatable bonds is 2. The molecule has 2 unspecified atom stereocenters. The lowest BCUT2D eigenvalue weighted by atomic mass is 9.68. The minimum Gasteiger partial charge on any atom is -0.388 e. The fraction of sp³-hybridized carbons (Fsp3) is 1.00. The normalized spacial score (nSPS) is 43.4. The summed E-state index contributed by atoms with van der Waals surface area (Å²) < 4.78 is 5.53. The Hall–Kier alpha value is -0.160. The van der Waals surface area contributed by atoms with Crippen LogP contribution in [0.5, 0.6) is 0 Å². The maximum atomic E-state index is 10.7. The van der Waals surface area contributed by atoms with E-state index in [0.717, 1.165) is 39.0 Å². The molecule has 0 aromatic rings. The first-order valence-electron chi connectivity index (χ1n) is 5.81. The molecule has 0 aliphatic carbocycles. The number of nitrogens with two attached hydrogens (primary N) is 1. The van der Waals surface area contributed by atoms with Gasteiger partial charge in [-0.2, -0.15) is 0 Å². The Balaban J connectivity index is 2.17. The third kappa shape index (κ3) is 1.80. The minimum atomic E-state index is -0.642. The number of hydrogen-bond donors (Lipinski definition) is 2. The van der Waals surface area contributed by atoms with Crippen LogP contribution in [-0.2, 0) is 4.74 Å². The molecule has 0 aromatic heterocycles. The van der Waals surface area contributed by atoms with Crippen LogP contribution in [0.4, 0.5) is 0 Å². The summed E-state index contributed by atoms with van der Waals surface area (Å²) in [5, 5.41) is 10.7. The fourth-order valence-electron chi connectivity index (χ4n) is 2.98. The van der Waals surface area contributed by atoms with Crippen molar-refractivity contribution in [2.24, 2.45) is 11.1 Å². The predicted octanol–water partition coefficient (Wildman–Crippen LogP) is -0.191. The smallest absolute Gasteiger partial charge is 0.0876 e. The number of aliphatic hydroxyl groups is 1. The van der Waals surface area contributed by atoms with Crippen molar-refractivity contribution in [2.75, 3.05) is 39.9 Å². The van der Waals surface area contributed by atoms with Gasteiger partial charge in [0.15, 0.2) is 0 Å². The zero-order valence-corrected chi connectivity index (χ0v) is 9.54. The molecule has 2 aliphatic rings. The van der Waals surface area contributed by atoms with Crippen molar-refractivity contribution in [1.29, 1.82) is 0 Å². The number of ether oxygens (including phenoxy) is 1. The highest BCUT2D eigenvalue weighted by molar-refractivity contribution is 5.05. The molecule has 0 amide bonds. The van der Waals surface area contributed by atoms with Gasteiger partial charge in [-0.25, -0.2) is 0 Å². The number of hydrogen-bond acceptors (Lipinski definition) is 4. The molecule has 2 rings (SSSR count). The van der Waals surface area contributed by atoms with Gasteiger partial charge in [0, 0.05) is 31.7 Å². The molecular weight excluding hydrogens is 192 g/mol. The highest BCUT2D eigenvalue weighted by Gasteiger charge is 2.52. The summed E-state index contributed by atoms with van der Waals surface area (Å²) in [5.74, 6) is 0. The Kier molecular flexibility index (Phi) is 3.03. The summed E-state index contributed by atoms with van der Waals surface area (Å²) in [4.78, 5) is 2.17. The molecule has 0 radical (unpaired) electrons. The molecule has 2 saturated heterocycles. The second-order valence-corrected chi connectivity index (χ2v) is 5.16. The van der Waals surface area contributed by atoms with Gasteiger partial charge < -0.3 is 20.5 Å². The van der Waals surface area contributed by atoms with E-state index in [9.17, 15) is 5.11 Å². The monoisotopic (exact) mass is 214 g/mol. The van der Waals surface area contributed by atoms with E-state index in [1.165, 1.54) is 0 Å². The molecule has 2 fully saturated rings. The quantitative estimate of drug-likeness (QED) is 0.669. The van der Waals surface area contributed by atoms with Crippen molar-refractivity contribution in [3.63, 3.8) is 0 Å². The summed E-state index contributed by atoms with van der Waals surface area (Å²) in [7, 11) is 2.05. The van der Waals surface area contributed by atoms with Gasteiger partial charge in [-0.15, -0.1) is 0 Å². The maximum Gasteiger partial charge on any atom is 0.0876 e. The lowest BCUT2D eigenvalue weighted by Crippen LogP contribution is -2.58. The van der Waals surface area contributed by atoms with Crippen LogP contribution in [0, 0.1) is 5.41 Å². The zero-order valence-electron chi connectivity index (χ0n) is 9.54. The first kappa shape index (κ1) is 11.3. The third-order valence-electron chi connectivity index (χ3n) is 4.14. The molecule has 0 bridgehead atoms. The average molecular weight is 214 g/mol. The van der Waals surface area contributed by atoms with Crippen molar-refractivity contribution < 1.29 is 9.84 Å². The molecule has 15 heavy (non-hydrogen) atoms. The van der Waals surface area contributed by atoms with E-state index in [-0.39, 0.29) is 5.41 Å². The van der Waals surface area contributed by atoms with Gasteiger partial charge in [-0.05, 0) is 26.3 Å². The average Bonchev–Trinajstić information content (AvgIpc) is 2.61. The summed E-state index contributed by atoms with van der Waals surface area (Å²) >= 11 is 0. The number of likely N-dealkylation sites (tertiary alicyclic amines) is 1. The third-order valence-corrected chi connectivity index (χ3v) is 4.14. The molecule has 0 spiro atoms. The first-order chi connectivity index (χ1) is 7.12. The zero-order chi connectivity index (χ0) is 10.9. The van der Waals surface area contributed by atoms with Gasteiger partial charge in [0.1, 0.15) is 0 Å². The summed E-state index contributed by atoms with van der Waals surface area (Å²) in [6.45, 7) is 3.64. The van der Waals surface area contributed by atoms with Gasteiger partial charge in [-0.3, -0.25) is 0 Å². The number of nitrogens with zero attached hydrogens (tertiary/aromatic N) is 1. The van der Waals surface area contributed by atoms with Gasteiger partial charge in [0.05, 0.1) is 12.2 Å². The minimum absolute atomic E-state index is 0.212. The largest absolute Gasteiger partial charge is 0.388 e. The SMILES string of the molecule is CN1CCC(O)(C2(CN)CCCOC2)C1. The van der Waals surface area contributed by atoms with Crippen LogP contribution in [0.15, 0.2) is 0 Å². The van der Waals surface area contributed by atoms with Crippen LogP contribution in [-0.4, -0.2) is 55.5 Å². The molecule has 4 nitrogen and oxygen atoms in total. The van der Waals surface area contributed by atoms with Gasteiger partial charge in [0.25, 0.3) is 0 Å². The Morgan fingerprint density at radius 3 is 2.73 bits per heavy atom. The molecule has 88 valence electrons. The Morgan fingerprint density at radius 2 is 2.27 bits per heavy atom. The molecule has 0 saturated carbocycles. The van der Waals surface area contributed by atoms with Crippen LogP contribution in [0.2, 0.25) is 0 Å². The van der Waals surface area contributed by atoms with Crippen molar-refractivity contribution in [2.45, 2.75) is 24.9 Å². The molecule has 2 aliphatic heterocycles. The highest BCUT2D eigenvalue weighted by atomic mass is 16.5. The van der Waals surface area contributed by atoms with Crippen LogP contribution in [0.1, 0.15) is 19.3 Å². The summed E-state index contributed by atoms with van der Waals surface area (Å²) in [6, 6.07) is 0. The summed E-state index contributed by atoms with van der Waals surface area (Å²) in [5.41, 5.74) is 5.04. The highest BCUT2D eigenvalue weighted by Crippen LogP contribution is 2.43. The van der Waals surface area contributed by atoms with Gasteiger partial charge >= 0.3 is 0 Å². The van der Waals surface area contributed by atoms with Gasteiger partial charge in [0.2, 0.25) is 0 Å². The lowest BCUT2D eigenvalue weighted by Gasteiger charge is -2.46. The van der Waals surface area contributed by atoms with Crippen LogP contribution < -0.4 is 5.73 Å². The topological polar surface area (TPSA) is 58.7 Å². The number of likely N-dealkylation sites (N-methyl/N-ethyl adjacent to an activating group) is 1. The van der Waals surface area contributed by atoms with E-state index in [0.29, 0.717) is 13.2 Å². The maximum absolute atomic E-state index is 10.7. The molecule has 2 heterocycles. The molecule has 2 atom stereocenters. The van der Waals surface area contributed by atoms with E-state index in [1.54, 1.807) is 0 Å². The Morgan fingerprint density at radius 1 is 1.47 bits per heavy atom. The van der Waals surface area contributed by atoms with Crippen molar-refractivity contribution >= 4 is 0 Å². The van der Waals surface area contributed by atoms with Crippen molar-refractivity contribution in [3.05, 3.63) is 0 Å². The molecule has 0 aromatic carbocycles. The van der Waals surface area contributed by atoms with Crippen LogP contribution in [0.3, 0.4) is 0 Å².